The molecule has 106 valence electrons. The van der Waals surface area contributed by atoms with Crippen LogP contribution in [0, 0.1) is 0 Å². The minimum atomic E-state index is -0.390. The average Bonchev–Trinajstić information content (AvgIpc) is 2.46. The number of hydrogen-bond acceptors (Lipinski definition) is 4. The monoisotopic (exact) mass is 265 g/mol. The van der Waals surface area contributed by atoms with Gasteiger partial charge in [0.25, 0.3) is 0 Å². The van der Waals surface area contributed by atoms with Gasteiger partial charge in [0.15, 0.2) is 0 Å². The Morgan fingerprint density at radius 2 is 1.84 bits per heavy atom. The maximum absolute atomic E-state index is 10.9. The predicted octanol–water partition coefficient (Wildman–Crippen LogP) is 2.39. The van der Waals surface area contributed by atoms with Crippen molar-refractivity contribution >= 4 is 5.97 Å². The zero-order valence-corrected chi connectivity index (χ0v) is 11.9. The summed E-state index contributed by atoms with van der Waals surface area (Å²) in [5.41, 5.74) is 8.33. The number of methoxy groups -OCH3 is 1. The van der Waals surface area contributed by atoms with E-state index in [2.05, 4.69) is 30.7 Å². The lowest BCUT2D eigenvalue weighted by Crippen LogP contribution is -2.20. The fraction of sp³-hybridized carbons (Fsp3) is 0.533. The van der Waals surface area contributed by atoms with Crippen LogP contribution >= 0.6 is 0 Å². The molecule has 0 saturated carbocycles. The van der Waals surface area contributed by atoms with Gasteiger partial charge in [-0.15, -0.1) is 0 Å². The van der Waals surface area contributed by atoms with Crippen molar-refractivity contribution in [2.45, 2.75) is 32.2 Å². The topological polar surface area (TPSA) is 61.5 Å². The van der Waals surface area contributed by atoms with Crippen LogP contribution in [0.3, 0.4) is 0 Å². The van der Waals surface area contributed by atoms with Crippen LogP contribution in [0.5, 0.6) is 0 Å². The van der Waals surface area contributed by atoms with Crippen LogP contribution in [0.2, 0.25) is 0 Å². The van der Waals surface area contributed by atoms with Crippen LogP contribution in [-0.4, -0.2) is 26.3 Å². The lowest BCUT2D eigenvalue weighted by atomic mass is 9.96. The number of esters is 1. The Morgan fingerprint density at radius 1 is 1.26 bits per heavy atom. The Morgan fingerprint density at radius 3 is 2.37 bits per heavy atom. The SMILES string of the molecule is CCC(C)c1ccc(C(N)COCC(=O)OC)cc1. The van der Waals surface area contributed by atoms with E-state index < -0.39 is 0 Å². The first-order valence-electron chi connectivity index (χ1n) is 6.58. The molecule has 0 fully saturated rings. The summed E-state index contributed by atoms with van der Waals surface area (Å²) in [5, 5.41) is 0. The standard InChI is InChI=1S/C15H23NO3/c1-4-11(2)12-5-7-13(8-6-12)14(16)9-19-10-15(17)18-3/h5-8,11,14H,4,9-10,16H2,1-3H3. The maximum atomic E-state index is 10.9. The van der Waals surface area contributed by atoms with Gasteiger partial charge in [-0.2, -0.15) is 0 Å². The average molecular weight is 265 g/mol. The minimum Gasteiger partial charge on any atom is -0.467 e. The number of carbonyl (C=O) groups is 1. The van der Waals surface area contributed by atoms with Crippen LogP contribution in [-0.2, 0) is 14.3 Å². The van der Waals surface area contributed by atoms with Crippen molar-refractivity contribution in [1.29, 1.82) is 0 Å². The maximum Gasteiger partial charge on any atom is 0.331 e. The molecule has 0 radical (unpaired) electrons. The molecule has 2 unspecified atom stereocenters. The second-order valence-electron chi connectivity index (χ2n) is 4.67. The first-order valence-corrected chi connectivity index (χ1v) is 6.58. The molecule has 0 saturated heterocycles. The number of rotatable bonds is 7. The van der Waals surface area contributed by atoms with Crippen LogP contribution in [0.25, 0.3) is 0 Å². The van der Waals surface area contributed by atoms with E-state index in [1.165, 1.54) is 12.7 Å². The van der Waals surface area contributed by atoms with Gasteiger partial charge < -0.3 is 15.2 Å². The van der Waals surface area contributed by atoms with Crippen LogP contribution in [0.1, 0.15) is 43.4 Å². The third-order valence-corrected chi connectivity index (χ3v) is 3.29. The zero-order valence-electron chi connectivity index (χ0n) is 11.9. The summed E-state index contributed by atoms with van der Waals surface area (Å²) >= 11 is 0. The predicted molar refractivity (Wildman–Crippen MR) is 74.9 cm³/mol. The third kappa shape index (κ3) is 5.01. The third-order valence-electron chi connectivity index (χ3n) is 3.29. The molecule has 0 aliphatic heterocycles. The molecule has 0 aromatic heterocycles. The summed E-state index contributed by atoms with van der Waals surface area (Å²) < 4.78 is 9.69. The lowest BCUT2D eigenvalue weighted by Gasteiger charge is -2.14. The fourth-order valence-electron chi connectivity index (χ4n) is 1.73. The summed E-state index contributed by atoms with van der Waals surface area (Å²) in [6.45, 7) is 4.62. The van der Waals surface area contributed by atoms with E-state index in [0.29, 0.717) is 12.5 Å². The Kier molecular flexibility index (Phi) is 6.53. The van der Waals surface area contributed by atoms with Crippen LogP contribution in [0.15, 0.2) is 24.3 Å². The molecule has 0 spiro atoms. The molecular weight excluding hydrogens is 242 g/mol. The highest BCUT2D eigenvalue weighted by Gasteiger charge is 2.09. The number of nitrogens with two attached hydrogens (primary N) is 1. The van der Waals surface area contributed by atoms with Gasteiger partial charge in [-0.3, -0.25) is 0 Å². The first kappa shape index (κ1) is 15.7. The highest BCUT2D eigenvalue weighted by molar-refractivity contribution is 5.70. The number of carbonyl (C=O) groups excluding carboxylic acids is 1. The van der Waals surface area contributed by atoms with Gasteiger partial charge in [0.1, 0.15) is 6.61 Å². The molecule has 19 heavy (non-hydrogen) atoms. The highest BCUT2D eigenvalue weighted by atomic mass is 16.6. The second kappa shape index (κ2) is 7.92. The minimum absolute atomic E-state index is 0.0604. The molecule has 4 heteroatoms. The molecule has 1 rings (SSSR count). The molecule has 1 aromatic carbocycles. The summed E-state index contributed by atoms with van der Waals surface area (Å²) in [4.78, 5) is 10.9. The van der Waals surface area contributed by atoms with E-state index in [4.69, 9.17) is 10.5 Å². The molecular formula is C15H23NO3. The van der Waals surface area contributed by atoms with Crippen molar-refractivity contribution in [2.24, 2.45) is 5.73 Å². The largest absolute Gasteiger partial charge is 0.467 e. The highest BCUT2D eigenvalue weighted by Crippen LogP contribution is 2.20. The molecule has 2 atom stereocenters. The molecule has 0 bridgehead atoms. The van der Waals surface area contributed by atoms with Gasteiger partial charge in [0.2, 0.25) is 0 Å². The van der Waals surface area contributed by atoms with E-state index in [9.17, 15) is 4.79 Å². The van der Waals surface area contributed by atoms with Crippen molar-refractivity contribution in [1.82, 2.24) is 0 Å². The summed E-state index contributed by atoms with van der Waals surface area (Å²) in [5.74, 6) is 0.167. The Hall–Kier alpha value is -1.39. The lowest BCUT2D eigenvalue weighted by molar-refractivity contribution is -0.146. The quantitative estimate of drug-likeness (QED) is 0.769. The molecule has 2 N–H and O–H groups in total. The Balaban J connectivity index is 2.48. The van der Waals surface area contributed by atoms with Gasteiger partial charge in [-0.25, -0.2) is 4.79 Å². The molecule has 0 aliphatic rings. The van der Waals surface area contributed by atoms with Gasteiger partial charge in [-0.1, -0.05) is 38.1 Å². The van der Waals surface area contributed by atoms with Gasteiger partial charge in [-0.05, 0) is 23.5 Å². The smallest absolute Gasteiger partial charge is 0.331 e. The van der Waals surface area contributed by atoms with Gasteiger partial charge in [0.05, 0.1) is 19.8 Å². The Labute approximate surface area is 114 Å². The first-order chi connectivity index (χ1) is 9.08. The van der Waals surface area contributed by atoms with E-state index in [1.807, 2.05) is 12.1 Å². The van der Waals surface area contributed by atoms with Crippen molar-refractivity contribution < 1.29 is 14.3 Å². The van der Waals surface area contributed by atoms with E-state index >= 15 is 0 Å². The molecule has 1 aromatic rings. The number of ether oxygens (including phenoxy) is 2. The second-order valence-corrected chi connectivity index (χ2v) is 4.67. The van der Waals surface area contributed by atoms with E-state index in [0.717, 1.165) is 12.0 Å². The number of hydrogen-bond donors (Lipinski definition) is 1. The van der Waals surface area contributed by atoms with Crippen LogP contribution < -0.4 is 5.73 Å². The normalized spacial score (nSPS) is 13.9. The molecule has 0 heterocycles. The molecule has 0 aliphatic carbocycles. The zero-order chi connectivity index (χ0) is 14.3. The number of benzene rings is 1. The fourth-order valence-corrected chi connectivity index (χ4v) is 1.73. The summed E-state index contributed by atoms with van der Waals surface area (Å²) in [6.07, 6.45) is 1.12. The molecule has 0 amide bonds. The van der Waals surface area contributed by atoms with E-state index in [1.54, 1.807) is 0 Å². The van der Waals surface area contributed by atoms with E-state index in [-0.39, 0.29) is 18.6 Å². The van der Waals surface area contributed by atoms with Crippen molar-refractivity contribution in [3.63, 3.8) is 0 Å². The van der Waals surface area contributed by atoms with Crippen molar-refractivity contribution in [2.75, 3.05) is 20.3 Å². The van der Waals surface area contributed by atoms with Gasteiger partial charge >= 0.3 is 5.97 Å². The molecule has 4 nitrogen and oxygen atoms in total. The van der Waals surface area contributed by atoms with Crippen LogP contribution in [0.4, 0.5) is 0 Å². The summed E-state index contributed by atoms with van der Waals surface area (Å²) in [7, 11) is 1.33. The Bertz CT molecular complexity index is 389. The summed E-state index contributed by atoms with van der Waals surface area (Å²) in [6, 6.07) is 8.02. The van der Waals surface area contributed by atoms with Gasteiger partial charge in [0, 0.05) is 0 Å². The van der Waals surface area contributed by atoms with Crippen molar-refractivity contribution in [3.05, 3.63) is 35.4 Å². The van der Waals surface area contributed by atoms with Crippen molar-refractivity contribution in [3.8, 4) is 0 Å².